The Kier molecular flexibility index (Phi) is 4.82. The lowest BCUT2D eigenvalue weighted by Gasteiger charge is -2.47. The largest absolute Gasteiger partial charge is 0.299 e. The van der Waals surface area contributed by atoms with Crippen LogP contribution in [-0.4, -0.2) is 63.5 Å². The first-order valence-electron chi connectivity index (χ1n) is 8.13. The quantitative estimate of drug-likeness (QED) is 0.846. The summed E-state index contributed by atoms with van der Waals surface area (Å²) in [4.78, 5) is 5.18. The Morgan fingerprint density at radius 2 is 1.82 bits per heavy atom. The molecule has 1 unspecified atom stereocenters. The number of hydrogen-bond acceptors (Lipinski definition) is 4. The van der Waals surface area contributed by atoms with Gasteiger partial charge in [-0.05, 0) is 24.1 Å². The molecule has 3 aliphatic heterocycles. The Hall–Kier alpha value is -0.950. The summed E-state index contributed by atoms with van der Waals surface area (Å²) in [6, 6.07) is 7.55. The average molecular weight is 323 g/mol. The second-order valence-corrected chi connectivity index (χ2v) is 8.00. The van der Waals surface area contributed by atoms with Crippen molar-refractivity contribution >= 4 is 10.0 Å². The van der Waals surface area contributed by atoms with E-state index in [4.69, 9.17) is 0 Å². The molecule has 0 spiro atoms. The zero-order chi connectivity index (χ0) is 15.6. The van der Waals surface area contributed by atoms with E-state index in [0.29, 0.717) is 17.5 Å². The van der Waals surface area contributed by atoms with Gasteiger partial charge in [-0.25, -0.2) is 13.1 Å². The molecule has 0 saturated carbocycles. The molecule has 0 aliphatic carbocycles. The van der Waals surface area contributed by atoms with E-state index in [1.807, 2.05) is 12.1 Å². The third-order valence-corrected chi connectivity index (χ3v) is 6.11. The maximum absolute atomic E-state index is 12.4. The van der Waals surface area contributed by atoms with Crippen molar-refractivity contribution in [2.24, 2.45) is 0 Å². The summed E-state index contributed by atoms with van der Waals surface area (Å²) < 4.78 is 27.6. The van der Waals surface area contributed by atoms with Crippen LogP contribution in [0.1, 0.15) is 18.9 Å². The third-order valence-electron chi connectivity index (χ3n) is 4.67. The van der Waals surface area contributed by atoms with Gasteiger partial charge in [-0.2, -0.15) is 0 Å². The van der Waals surface area contributed by atoms with Crippen molar-refractivity contribution in [1.82, 2.24) is 14.5 Å². The fraction of sp³-hybridized carbons (Fsp3) is 0.625. The van der Waals surface area contributed by atoms with Gasteiger partial charge in [0.15, 0.2) is 0 Å². The number of aryl methyl sites for hydroxylation is 1. The van der Waals surface area contributed by atoms with Crippen molar-refractivity contribution in [2.75, 3.05) is 39.3 Å². The van der Waals surface area contributed by atoms with E-state index in [1.165, 1.54) is 5.56 Å². The van der Waals surface area contributed by atoms with Gasteiger partial charge < -0.3 is 0 Å². The summed E-state index contributed by atoms with van der Waals surface area (Å²) in [6.07, 6.45) is 2.05. The van der Waals surface area contributed by atoms with Crippen LogP contribution in [0.2, 0.25) is 0 Å². The van der Waals surface area contributed by atoms with Gasteiger partial charge in [-0.1, -0.05) is 25.5 Å². The molecule has 3 heterocycles. The van der Waals surface area contributed by atoms with Crippen molar-refractivity contribution < 1.29 is 8.42 Å². The molecule has 3 aliphatic rings. The fourth-order valence-electron chi connectivity index (χ4n) is 3.33. The molecule has 122 valence electrons. The predicted molar refractivity (Wildman–Crippen MR) is 87.4 cm³/mol. The Balaban J connectivity index is 1.61. The van der Waals surface area contributed by atoms with Crippen LogP contribution in [0.3, 0.4) is 0 Å². The van der Waals surface area contributed by atoms with Crippen molar-refractivity contribution in [2.45, 2.75) is 30.7 Å². The molecule has 22 heavy (non-hydrogen) atoms. The lowest BCUT2D eigenvalue weighted by atomic mass is 10.1. The molecule has 4 rings (SSSR count). The lowest BCUT2D eigenvalue weighted by Crippen LogP contribution is -2.63. The maximum Gasteiger partial charge on any atom is 0.240 e. The number of fused-ring (bicyclic) bond motifs is 3. The monoisotopic (exact) mass is 323 g/mol. The second kappa shape index (κ2) is 6.66. The number of nitrogens with zero attached hydrogens (tertiary/aromatic N) is 2. The molecule has 1 N–H and O–H groups in total. The third kappa shape index (κ3) is 3.51. The van der Waals surface area contributed by atoms with Crippen molar-refractivity contribution in [3.8, 4) is 0 Å². The summed E-state index contributed by atoms with van der Waals surface area (Å²) in [5.41, 5.74) is 1.19. The Morgan fingerprint density at radius 3 is 2.36 bits per heavy atom. The molecule has 1 atom stereocenters. The summed E-state index contributed by atoms with van der Waals surface area (Å²) in [5, 5.41) is 0. The summed E-state index contributed by atoms with van der Waals surface area (Å²) in [6.45, 7) is 7.92. The summed E-state index contributed by atoms with van der Waals surface area (Å²) in [5.74, 6) is 0. The lowest BCUT2D eigenvalue weighted by molar-refractivity contribution is 0.0158. The molecule has 5 nitrogen and oxygen atoms in total. The highest BCUT2D eigenvalue weighted by Gasteiger charge is 2.32. The van der Waals surface area contributed by atoms with Crippen molar-refractivity contribution in [3.63, 3.8) is 0 Å². The van der Waals surface area contributed by atoms with Gasteiger partial charge in [-0.15, -0.1) is 0 Å². The van der Waals surface area contributed by atoms with E-state index >= 15 is 0 Å². The minimum absolute atomic E-state index is 0.302. The van der Waals surface area contributed by atoms with Crippen LogP contribution in [0.4, 0.5) is 0 Å². The van der Waals surface area contributed by atoms with E-state index in [2.05, 4.69) is 21.4 Å². The fourth-order valence-corrected chi connectivity index (χ4v) is 4.40. The second-order valence-electron chi connectivity index (χ2n) is 6.24. The van der Waals surface area contributed by atoms with Crippen molar-refractivity contribution in [3.05, 3.63) is 29.8 Å². The first kappa shape index (κ1) is 15.9. The highest BCUT2D eigenvalue weighted by Crippen LogP contribution is 2.16. The molecule has 2 bridgehead atoms. The maximum atomic E-state index is 12.4. The number of rotatable bonds is 6. The molecule has 0 amide bonds. The Morgan fingerprint density at radius 1 is 1.14 bits per heavy atom. The van der Waals surface area contributed by atoms with Gasteiger partial charge >= 0.3 is 0 Å². The Labute approximate surface area is 133 Å². The van der Waals surface area contributed by atoms with Gasteiger partial charge in [0, 0.05) is 45.3 Å². The Bertz CT molecular complexity index is 592. The number of hydrogen-bond donors (Lipinski definition) is 1. The predicted octanol–water partition coefficient (Wildman–Crippen LogP) is 0.917. The van der Waals surface area contributed by atoms with Gasteiger partial charge in [0.05, 0.1) is 4.90 Å². The summed E-state index contributed by atoms with van der Waals surface area (Å²) >= 11 is 0. The van der Waals surface area contributed by atoms with Crippen LogP contribution in [0.25, 0.3) is 0 Å². The van der Waals surface area contributed by atoms with Gasteiger partial charge in [0.25, 0.3) is 0 Å². The zero-order valence-corrected chi connectivity index (χ0v) is 14.0. The van der Waals surface area contributed by atoms with Crippen LogP contribution in [0.15, 0.2) is 29.2 Å². The first-order valence-corrected chi connectivity index (χ1v) is 9.62. The average Bonchev–Trinajstić information content (AvgIpc) is 2.55. The first-order chi connectivity index (χ1) is 10.6. The highest BCUT2D eigenvalue weighted by molar-refractivity contribution is 7.89. The van der Waals surface area contributed by atoms with Crippen LogP contribution in [0.5, 0.6) is 0 Å². The molecule has 1 aromatic rings. The molecule has 0 radical (unpaired) electrons. The highest BCUT2D eigenvalue weighted by atomic mass is 32.2. The molecule has 0 aromatic heterocycles. The smallest absolute Gasteiger partial charge is 0.240 e. The van der Waals surface area contributed by atoms with Crippen LogP contribution < -0.4 is 4.72 Å². The zero-order valence-electron chi connectivity index (χ0n) is 13.2. The number of benzene rings is 1. The van der Waals surface area contributed by atoms with Gasteiger partial charge in [0.2, 0.25) is 10.0 Å². The van der Waals surface area contributed by atoms with E-state index in [9.17, 15) is 8.42 Å². The number of nitrogens with one attached hydrogen (secondary N) is 1. The normalized spacial score (nSPS) is 28.0. The van der Waals surface area contributed by atoms with Crippen molar-refractivity contribution in [1.29, 1.82) is 0 Å². The van der Waals surface area contributed by atoms with Gasteiger partial charge in [-0.3, -0.25) is 9.80 Å². The molecule has 6 heteroatoms. The number of piperazine rings is 3. The van der Waals surface area contributed by atoms with Crippen LogP contribution in [-0.2, 0) is 16.4 Å². The molecular formula is C16H25N3O2S. The van der Waals surface area contributed by atoms with E-state index in [0.717, 1.165) is 45.6 Å². The molecule has 1 aromatic carbocycles. The topological polar surface area (TPSA) is 52.7 Å². The van der Waals surface area contributed by atoms with E-state index < -0.39 is 10.0 Å². The molecular weight excluding hydrogens is 298 g/mol. The SMILES string of the molecule is CCCc1ccc(S(=O)(=O)NCC2CN3CCN2CC3)cc1. The van der Waals surface area contributed by atoms with E-state index in [1.54, 1.807) is 12.1 Å². The van der Waals surface area contributed by atoms with Crippen LogP contribution >= 0.6 is 0 Å². The standard InChI is InChI=1S/C16H25N3O2S/c1-2-3-14-4-6-16(7-5-14)22(20,21)17-12-15-13-18-8-10-19(15)11-9-18/h4-7,15,17H,2-3,8-13H2,1H3. The minimum Gasteiger partial charge on any atom is -0.299 e. The summed E-state index contributed by atoms with van der Waals surface area (Å²) in [7, 11) is -3.40. The van der Waals surface area contributed by atoms with Gasteiger partial charge in [0.1, 0.15) is 0 Å². The minimum atomic E-state index is -3.40. The molecule has 3 fully saturated rings. The molecule has 3 saturated heterocycles. The van der Waals surface area contributed by atoms with E-state index in [-0.39, 0.29) is 0 Å². The number of sulfonamides is 1. The van der Waals surface area contributed by atoms with Crippen LogP contribution in [0, 0.1) is 0 Å².